The molecule has 0 aliphatic heterocycles. The molecule has 10 heavy (non-hydrogen) atoms. The molecule has 1 N–H and O–H groups in total. The van der Waals surface area contributed by atoms with E-state index >= 15 is 0 Å². The predicted molar refractivity (Wildman–Crippen MR) is 42.6 cm³/mol. The van der Waals surface area contributed by atoms with Crippen molar-refractivity contribution in [3.8, 4) is 0 Å². The van der Waals surface area contributed by atoms with E-state index in [4.69, 9.17) is 14.6 Å². The molecule has 62 valence electrons. The van der Waals surface area contributed by atoms with E-state index in [2.05, 4.69) is 12.6 Å². The van der Waals surface area contributed by atoms with Crippen LogP contribution in [0.3, 0.4) is 0 Å². The molecular weight excluding hydrogens is 152 g/mol. The Morgan fingerprint density at radius 3 is 2.60 bits per heavy atom. The highest BCUT2D eigenvalue weighted by Gasteiger charge is 2.02. The van der Waals surface area contributed by atoms with E-state index in [0.29, 0.717) is 19.0 Å². The van der Waals surface area contributed by atoms with Crippen LogP contribution in [0.4, 0.5) is 0 Å². The minimum atomic E-state index is -0.154. The molecular formula is C6H14O3S. The standard InChI is InChI=1S/C6H14O3S/c1-8-2-3-9-6(4-7)5-10/h6-7,10H,2-5H2,1H3/t6-/m1/s1. The van der Waals surface area contributed by atoms with Gasteiger partial charge < -0.3 is 14.6 Å². The average Bonchev–Trinajstić information content (AvgIpc) is 1.99. The third-order valence-electron chi connectivity index (χ3n) is 1.05. The Morgan fingerprint density at radius 2 is 2.20 bits per heavy atom. The summed E-state index contributed by atoms with van der Waals surface area (Å²) in [5.74, 6) is 0.542. The topological polar surface area (TPSA) is 38.7 Å². The number of rotatable bonds is 6. The molecule has 0 rings (SSSR count). The molecule has 0 radical (unpaired) electrons. The Kier molecular flexibility index (Phi) is 7.51. The van der Waals surface area contributed by atoms with Crippen molar-refractivity contribution in [2.45, 2.75) is 6.10 Å². The summed E-state index contributed by atoms with van der Waals surface area (Å²) in [6, 6.07) is 0. The van der Waals surface area contributed by atoms with Gasteiger partial charge in [0.05, 0.1) is 25.9 Å². The first-order valence-electron chi connectivity index (χ1n) is 3.17. The van der Waals surface area contributed by atoms with Gasteiger partial charge in [-0.2, -0.15) is 12.6 Å². The van der Waals surface area contributed by atoms with Crippen molar-refractivity contribution in [3.63, 3.8) is 0 Å². The first kappa shape index (κ1) is 10.2. The van der Waals surface area contributed by atoms with E-state index in [1.807, 2.05) is 0 Å². The second kappa shape index (κ2) is 7.34. The maximum atomic E-state index is 8.61. The fourth-order valence-corrected chi connectivity index (χ4v) is 0.682. The van der Waals surface area contributed by atoms with E-state index in [1.165, 1.54) is 0 Å². The molecule has 0 saturated carbocycles. The van der Waals surface area contributed by atoms with Crippen LogP contribution in [0.15, 0.2) is 0 Å². The van der Waals surface area contributed by atoms with Crippen molar-refractivity contribution in [1.82, 2.24) is 0 Å². The lowest BCUT2D eigenvalue weighted by molar-refractivity contribution is 0.00157. The van der Waals surface area contributed by atoms with Crippen LogP contribution in [-0.4, -0.2) is 43.9 Å². The predicted octanol–water partition coefficient (Wildman–Crippen LogP) is -0.0599. The summed E-state index contributed by atoms with van der Waals surface area (Å²) < 4.78 is 9.88. The summed E-state index contributed by atoms with van der Waals surface area (Å²) >= 11 is 3.97. The second-order valence-electron chi connectivity index (χ2n) is 1.85. The normalized spacial score (nSPS) is 13.5. The van der Waals surface area contributed by atoms with Crippen molar-refractivity contribution in [1.29, 1.82) is 0 Å². The van der Waals surface area contributed by atoms with Crippen molar-refractivity contribution in [2.24, 2.45) is 0 Å². The Labute approximate surface area is 66.7 Å². The first-order chi connectivity index (χ1) is 4.85. The van der Waals surface area contributed by atoms with Crippen molar-refractivity contribution >= 4 is 12.6 Å². The van der Waals surface area contributed by atoms with Gasteiger partial charge in [-0.25, -0.2) is 0 Å². The summed E-state index contributed by atoms with van der Waals surface area (Å²) in [6.45, 7) is 1.10. The van der Waals surface area contributed by atoms with Gasteiger partial charge in [-0.05, 0) is 0 Å². The van der Waals surface area contributed by atoms with Gasteiger partial charge in [-0.15, -0.1) is 0 Å². The van der Waals surface area contributed by atoms with E-state index < -0.39 is 0 Å². The van der Waals surface area contributed by atoms with Gasteiger partial charge in [0.2, 0.25) is 0 Å². The van der Waals surface area contributed by atoms with Gasteiger partial charge in [0.15, 0.2) is 0 Å². The molecule has 0 saturated heterocycles. The summed E-state index contributed by atoms with van der Waals surface area (Å²) in [7, 11) is 1.61. The van der Waals surface area contributed by atoms with Crippen LogP contribution in [0, 0.1) is 0 Å². The molecule has 1 atom stereocenters. The molecule has 0 bridgehead atoms. The van der Waals surface area contributed by atoms with Crippen molar-refractivity contribution in [2.75, 3.05) is 32.7 Å². The fourth-order valence-electron chi connectivity index (χ4n) is 0.461. The number of ether oxygens (including phenoxy) is 2. The quantitative estimate of drug-likeness (QED) is 0.429. The number of aliphatic hydroxyl groups excluding tert-OH is 1. The molecule has 0 aromatic rings. The van der Waals surface area contributed by atoms with E-state index in [9.17, 15) is 0 Å². The largest absolute Gasteiger partial charge is 0.394 e. The minimum absolute atomic E-state index is 0.0210. The van der Waals surface area contributed by atoms with Crippen LogP contribution < -0.4 is 0 Å². The van der Waals surface area contributed by atoms with Crippen LogP contribution >= 0.6 is 12.6 Å². The molecule has 0 unspecified atom stereocenters. The van der Waals surface area contributed by atoms with E-state index in [-0.39, 0.29) is 12.7 Å². The second-order valence-corrected chi connectivity index (χ2v) is 2.22. The monoisotopic (exact) mass is 166 g/mol. The summed E-state index contributed by atoms with van der Waals surface area (Å²) in [5.41, 5.74) is 0. The van der Waals surface area contributed by atoms with Gasteiger partial charge in [-0.3, -0.25) is 0 Å². The fraction of sp³-hybridized carbons (Fsp3) is 1.00. The highest BCUT2D eigenvalue weighted by atomic mass is 32.1. The number of methoxy groups -OCH3 is 1. The van der Waals surface area contributed by atoms with Gasteiger partial charge in [0.25, 0.3) is 0 Å². The zero-order valence-corrected chi connectivity index (χ0v) is 7.01. The number of aliphatic hydroxyl groups is 1. The number of thiol groups is 1. The highest BCUT2D eigenvalue weighted by molar-refractivity contribution is 7.80. The SMILES string of the molecule is COCCO[C@H](CO)CS. The molecule has 0 aromatic heterocycles. The Hall–Kier alpha value is 0.230. The Bertz CT molecular complexity index is 66.0. The molecule has 0 spiro atoms. The summed E-state index contributed by atoms with van der Waals surface area (Å²) in [4.78, 5) is 0. The molecule has 0 aliphatic carbocycles. The van der Waals surface area contributed by atoms with Crippen molar-refractivity contribution in [3.05, 3.63) is 0 Å². The van der Waals surface area contributed by atoms with Crippen molar-refractivity contribution < 1.29 is 14.6 Å². The lowest BCUT2D eigenvalue weighted by atomic mass is 10.4. The molecule has 0 heterocycles. The molecule has 0 fully saturated rings. The Balaban J connectivity index is 3.09. The third kappa shape index (κ3) is 5.05. The van der Waals surface area contributed by atoms with Gasteiger partial charge in [0.1, 0.15) is 0 Å². The maximum Gasteiger partial charge on any atom is 0.0894 e. The van der Waals surface area contributed by atoms with Crippen LogP contribution in [0.2, 0.25) is 0 Å². The zero-order valence-electron chi connectivity index (χ0n) is 6.12. The molecule has 3 nitrogen and oxygen atoms in total. The van der Waals surface area contributed by atoms with Crippen LogP contribution in [-0.2, 0) is 9.47 Å². The van der Waals surface area contributed by atoms with E-state index in [1.54, 1.807) is 7.11 Å². The zero-order chi connectivity index (χ0) is 7.82. The van der Waals surface area contributed by atoms with Gasteiger partial charge in [0, 0.05) is 12.9 Å². The molecule has 0 aliphatic rings. The third-order valence-corrected chi connectivity index (χ3v) is 1.46. The smallest absolute Gasteiger partial charge is 0.0894 e. The van der Waals surface area contributed by atoms with Crippen LogP contribution in [0.25, 0.3) is 0 Å². The lowest BCUT2D eigenvalue weighted by Gasteiger charge is -2.11. The maximum absolute atomic E-state index is 8.61. The highest BCUT2D eigenvalue weighted by Crippen LogP contribution is 1.92. The minimum Gasteiger partial charge on any atom is -0.394 e. The number of hydrogen-bond donors (Lipinski definition) is 2. The Morgan fingerprint density at radius 1 is 1.50 bits per heavy atom. The van der Waals surface area contributed by atoms with E-state index in [0.717, 1.165) is 0 Å². The summed E-state index contributed by atoms with van der Waals surface area (Å²) in [6.07, 6.45) is -0.154. The number of hydrogen-bond acceptors (Lipinski definition) is 4. The van der Waals surface area contributed by atoms with Crippen LogP contribution in [0.5, 0.6) is 0 Å². The molecule has 0 aromatic carbocycles. The first-order valence-corrected chi connectivity index (χ1v) is 3.80. The molecule has 0 amide bonds. The average molecular weight is 166 g/mol. The van der Waals surface area contributed by atoms with Gasteiger partial charge >= 0.3 is 0 Å². The van der Waals surface area contributed by atoms with Gasteiger partial charge in [-0.1, -0.05) is 0 Å². The lowest BCUT2D eigenvalue weighted by Crippen LogP contribution is -2.21. The summed E-state index contributed by atoms with van der Waals surface area (Å²) in [5, 5.41) is 8.61. The molecule has 4 heteroatoms. The van der Waals surface area contributed by atoms with Crippen LogP contribution in [0.1, 0.15) is 0 Å².